The Kier molecular flexibility index (Phi) is 7.91. The highest BCUT2D eigenvalue weighted by Gasteiger charge is 2.23. The molecule has 0 atom stereocenters. The summed E-state index contributed by atoms with van der Waals surface area (Å²) in [6.45, 7) is 3.25. The number of rotatable bonds is 9. The largest absolute Gasteiger partial charge is 0.494 e. The van der Waals surface area contributed by atoms with Gasteiger partial charge in [-0.05, 0) is 31.9 Å². The standard InChI is InChI=1S/C31H30F2N6O3/c1-3-42-20-14-23(32)22(24(33)15-20)18-39-27-7-5-4-6-21(27)30(38-39)31-36-26(19-9-12-41-13-10-19)16-29(37-31)35-25-8-11-34-17-28(25)40-2/h4-8,11,14-17,19H,3,9-10,12-13,18H2,1-2H3,(H,34,35,36,37). The minimum Gasteiger partial charge on any atom is -0.494 e. The number of halogens is 2. The van der Waals surface area contributed by atoms with Gasteiger partial charge in [-0.1, -0.05) is 18.2 Å². The van der Waals surface area contributed by atoms with E-state index in [-0.39, 0.29) is 23.8 Å². The summed E-state index contributed by atoms with van der Waals surface area (Å²) in [5.74, 6) is 0.460. The van der Waals surface area contributed by atoms with Gasteiger partial charge in [-0.2, -0.15) is 5.10 Å². The van der Waals surface area contributed by atoms with Gasteiger partial charge in [-0.3, -0.25) is 9.67 Å². The molecule has 4 heterocycles. The van der Waals surface area contributed by atoms with Crippen LogP contribution in [-0.4, -0.2) is 51.7 Å². The van der Waals surface area contributed by atoms with Crippen LogP contribution in [0.1, 0.15) is 36.9 Å². The molecule has 6 rings (SSSR count). The van der Waals surface area contributed by atoms with E-state index >= 15 is 8.78 Å². The van der Waals surface area contributed by atoms with Gasteiger partial charge in [0.25, 0.3) is 0 Å². The van der Waals surface area contributed by atoms with Crippen molar-refractivity contribution in [1.29, 1.82) is 0 Å². The van der Waals surface area contributed by atoms with Crippen LogP contribution in [0.5, 0.6) is 11.5 Å². The summed E-state index contributed by atoms with van der Waals surface area (Å²) in [5.41, 5.74) is 2.66. The van der Waals surface area contributed by atoms with Gasteiger partial charge < -0.3 is 19.5 Å². The summed E-state index contributed by atoms with van der Waals surface area (Å²) in [6, 6.07) is 13.6. The van der Waals surface area contributed by atoms with Crippen molar-refractivity contribution in [1.82, 2.24) is 24.7 Å². The first-order valence-electron chi connectivity index (χ1n) is 13.8. The molecule has 0 aliphatic carbocycles. The third-order valence-electron chi connectivity index (χ3n) is 7.26. The molecule has 1 saturated heterocycles. The molecular formula is C31H30F2N6O3. The summed E-state index contributed by atoms with van der Waals surface area (Å²) >= 11 is 0. The maximum atomic E-state index is 15.0. The predicted octanol–water partition coefficient (Wildman–Crippen LogP) is 6.26. The Labute approximate surface area is 241 Å². The molecule has 42 heavy (non-hydrogen) atoms. The molecule has 11 heteroatoms. The maximum Gasteiger partial charge on any atom is 0.182 e. The molecule has 0 bridgehead atoms. The van der Waals surface area contributed by atoms with E-state index in [1.807, 2.05) is 30.3 Å². The molecule has 0 spiro atoms. The number of hydrogen-bond acceptors (Lipinski definition) is 8. The van der Waals surface area contributed by atoms with E-state index in [4.69, 9.17) is 29.3 Å². The Morgan fingerprint density at radius 1 is 1.05 bits per heavy atom. The third-order valence-corrected chi connectivity index (χ3v) is 7.26. The fourth-order valence-electron chi connectivity index (χ4n) is 5.17. The SMILES string of the molecule is CCOc1cc(F)c(Cn2nc(-c3nc(Nc4ccncc4OC)cc(C4CCOCC4)n3)c3ccccc32)c(F)c1. The average molecular weight is 573 g/mol. The molecular weight excluding hydrogens is 542 g/mol. The number of nitrogens with zero attached hydrogens (tertiary/aromatic N) is 5. The zero-order chi connectivity index (χ0) is 29.1. The van der Waals surface area contributed by atoms with E-state index in [0.717, 1.165) is 23.9 Å². The quantitative estimate of drug-likeness (QED) is 0.221. The number of aromatic nitrogens is 5. The van der Waals surface area contributed by atoms with E-state index in [9.17, 15) is 0 Å². The molecule has 1 aliphatic rings. The lowest BCUT2D eigenvalue weighted by atomic mass is 9.96. The lowest BCUT2D eigenvalue weighted by Crippen LogP contribution is -2.16. The molecule has 5 aromatic rings. The topological polar surface area (TPSA) is 96.2 Å². The van der Waals surface area contributed by atoms with Crippen LogP contribution in [0.25, 0.3) is 22.4 Å². The van der Waals surface area contributed by atoms with E-state index in [2.05, 4.69) is 10.3 Å². The lowest BCUT2D eigenvalue weighted by molar-refractivity contribution is 0.0845. The maximum absolute atomic E-state index is 15.0. The first-order valence-corrected chi connectivity index (χ1v) is 13.8. The van der Waals surface area contributed by atoms with Gasteiger partial charge in [0.1, 0.15) is 28.9 Å². The smallest absolute Gasteiger partial charge is 0.182 e. The number of para-hydroxylation sites is 1. The van der Waals surface area contributed by atoms with Crippen molar-refractivity contribution >= 4 is 22.4 Å². The van der Waals surface area contributed by atoms with Crippen LogP contribution >= 0.6 is 0 Å². The third kappa shape index (κ3) is 5.60. The first kappa shape index (κ1) is 27.5. The molecule has 9 nitrogen and oxygen atoms in total. The minimum absolute atomic E-state index is 0.109. The Bertz CT molecular complexity index is 1700. The molecule has 1 aliphatic heterocycles. The summed E-state index contributed by atoms with van der Waals surface area (Å²) in [4.78, 5) is 13.9. The zero-order valence-corrected chi connectivity index (χ0v) is 23.3. The van der Waals surface area contributed by atoms with Gasteiger partial charge in [-0.15, -0.1) is 0 Å². The zero-order valence-electron chi connectivity index (χ0n) is 23.3. The molecule has 3 aromatic heterocycles. The number of methoxy groups -OCH3 is 1. The van der Waals surface area contributed by atoms with Gasteiger partial charge in [0.05, 0.1) is 37.7 Å². The van der Waals surface area contributed by atoms with Crippen molar-refractivity contribution in [2.75, 3.05) is 32.2 Å². The average Bonchev–Trinajstić information content (AvgIpc) is 3.38. The molecule has 0 saturated carbocycles. The number of anilines is 2. The van der Waals surface area contributed by atoms with Crippen LogP contribution < -0.4 is 14.8 Å². The molecule has 0 unspecified atom stereocenters. The molecule has 0 radical (unpaired) electrons. The summed E-state index contributed by atoms with van der Waals surface area (Å²) in [5, 5.41) is 8.91. The van der Waals surface area contributed by atoms with Crippen molar-refractivity contribution in [2.45, 2.75) is 32.2 Å². The lowest BCUT2D eigenvalue weighted by Gasteiger charge is -2.22. The Hall–Kier alpha value is -4.64. The minimum atomic E-state index is -0.699. The molecule has 216 valence electrons. The van der Waals surface area contributed by atoms with E-state index in [1.165, 1.54) is 12.1 Å². The van der Waals surface area contributed by atoms with Crippen molar-refractivity contribution in [3.8, 4) is 23.0 Å². The fraction of sp³-hybridized carbons (Fsp3) is 0.290. The number of hydrogen-bond donors (Lipinski definition) is 1. The van der Waals surface area contributed by atoms with Gasteiger partial charge in [0.2, 0.25) is 0 Å². The van der Waals surface area contributed by atoms with Gasteiger partial charge >= 0.3 is 0 Å². The summed E-state index contributed by atoms with van der Waals surface area (Å²) in [7, 11) is 1.58. The van der Waals surface area contributed by atoms with Crippen LogP contribution in [-0.2, 0) is 11.3 Å². The molecule has 0 amide bonds. The summed E-state index contributed by atoms with van der Waals surface area (Å²) < 4.78 is 47.9. The highest BCUT2D eigenvalue weighted by atomic mass is 19.1. The Morgan fingerprint density at radius 2 is 1.83 bits per heavy atom. The van der Waals surface area contributed by atoms with Crippen LogP contribution in [0, 0.1) is 11.6 Å². The van der Waals surface area contributed by atoms with Gasteiger partial charge in [-0.25, -0.2) is 18.7 Å². The Balaban J connectivity index is 1.44. The van der Waals surface area contributed by atoms with E-state index < -0.39 is 11.6 Å². The fourth-order valence-corrected chi connectivity index (χ4v) is 5.17. The summed E-state index contributed by atoms with van der Waals surface area (Å²) in [6.07, 6.45) is 4.96. The second-order valence-electron chi connectivity index (χ2n) is 9.91. The number of ether oxygens (including phenoxy) is 3. The normalized spacial score (nSPS) is 13.8. The molecule has 2 aromatic carbocycles. The second-order valence-corrected chi connectivity index (χ2v) is 9.91. The van der Waals surface area contributed by atoms with Crippen molar-refractivity contribution in [2.24, 2.45) is 0 Å². The first-order chi connectivity index (χ1) is 20.5. The van der Waals surface area contributed by atoms with Gasteiger partial charge in [0.15, 0.2) is 11.6 Å². The highest BCUT2D eigenvalue weighted by molar-refractivity contribution is 5.92. The number of nitrogens with one attached hydrogen (secondary N) is 1. The number of pyridine rings is 1. The van der Waals surface area contributed by atoms with Crippen molar-refractivity contribution in [3.05, 3.63) is 83.8 Å². The predicted molar refractivity (Wildman–Crippen MR) is 154 cm³/mol. The highest BCUT2D eigenvalue weighted by Crippen LogP contribution is 2.34. The molecule has 1 fully saturated rings. The monoisotopic (exact) mass is 572 g/mol. The van der Waals surface area contributed by atoms with Crippen molar-refractivity contribution < 1.29 is 23.0 Å². The van der Waals surface area contributed by atoms with Crippen LogP contribution in [0.2, 0.25) is 0 Å². The molecule has 1 N–H and O–H groups in total. The number of fused-ring (bicyclic) bond motifs is 1. The van der Waals surface area contributed by atoms with Crippen LogP contribution in [0.4, 0.5) is 20.3 Å². The Morgan fingerprint density at radius 3 is 2.60 bits per heavy atom. The number of benzene rings is 2. The van der Waals surface area contributed by atoms with Crippen molar-refractivity contribution in [3.63, 3.8) is 0 Å². The van der Waals surface area contributed by atoms with Crippen LogP contribution in [0.15, 0.2) is 60.9 Å². The van der Waals surface area contributed by atoms with E-state index in [0.29, 0.717) is 54.1 Å². The van der Waals surface area contributed by atoms with Gasteiger partial charge in [0, 0.05) is 60.2 Å². The van der Waals surface area contributed by atoms with Crippen LogP contribution in [0.3, 0.4) is 0 Å². The van der Waals surface area contributed by atoms with E-state index in [1.54, 1.807) is 37.2 Å². The second kappa shape index (κ2) is 12.1.